The van der Waals surface area contributed by atoms with Crippen molar-refractivity contribution >= 4 is 0 Å². The number of nitrogens with zero attached hydrogens (tertiary/aromatic N) is 1. The van der Waals surface area contributed by atoms with E-state index in [2.05, 4.69) is 29.2 Å². The number of phenols is 1. The molecule has 3 aromatic rings. The second kappa shape index (κ2) is 7.81. The molecule has 0 saturated carbocycles. The van der Waals surface area contributed by atoms with Crippen LogP contribution >= 0.6 is 0 Å². The lowest BCUT2D eigenvalue weighted by atomic mass is 10.1. The van der Waals surface area contributed by atoms with Gasteiger partial charge in [0.1, 0.15) is 11.5 Å². The van der Waals surface area contributed by atoms with Crippen molar-refractivity contribution in [2.24, 2.45) is 5.73 Å². The van der Waals surface area contributed by atoms with Gasteiger partial charge in [0.05, 0.1) is 12.8 Å². The minimum Gasteiger partial charge on any atom is -0.508 e. The Morgan fingerprint density at radius 1 is 0.833 bits per heavy atom. The summed E-state index contributed by atoms with van der Waals surface area (Å²) in [5.74, 6) is 1.21. The molecule has 4 heteroatoms. The van der Waals surface area contributed by atoms with Gasteiger partial charge in [0, 0.05) is 19.6 Å². The van der Waals surface area contributed by atoms with Crippen LogP contribution in [0.15, 0.2) is 71.3 Å². The Bertz CT molecular complexity index is 752. The largest absolute Gasteiger partial charge is 0.508 e. The smallest absolute Gasteiger partial charge is 0.117 e. The number of benzene rings is 2. The normalized spacial score (nSPS) is 11.1. The average molecular weight is 322 g/mol. The number of furan rings is 1. The van der Waals surface area contributed by atoms with Gasteiger partial charge in [-0.1, -0.05) is 36.4 Å². The monoisotopic (exact) mass is 322 g/mol. The van der Waals surface area contributed by atoms with Crippen molar-refractivity contribution in [2.45, 2.75) is 26.2 Å². The number of rotatable bonds is 7. The van der Waals surface area contributed by atoms with Crippen LogP contribution < -0.4 is 5.73 Å². The molecule has 0 amide bonds. The summed E-state index contributed by atoms with van der Waals surface area (Å²) in [6, 6.07) is 19.6. The molecule has 0 bridgehead atoms. The molecule has 3 rings (SSSR count). The summed E-state index contributed by atoms with van der Waals surface area (Å²) in [7, 11) is 0. The van der Waals surface area contributed by atoms with Gasteiger partial charge in [-0.2, -0.15) is 0 Å². The molecule has 1 aromatic heterocycles. The van der Waals surface area contributed by atoms with E-state index in [1.54, 1.807) is 18.4 Å². The standard InChI is InChI=1S/C20H22N2O2/c21-12-16-6-8-17(9-7-16)13-22(15-20-5-2-10-24-20)14-18-3-1-4-19(23)11-18/h1-11,23H,12-15,21H2. The summed E-state index contributed by atoms with van der Waals surface area (Å²) >= 11 is 0. The van der Waals surface area contributed by atoms with Crippen molar-refractivity contribution in [3.05, 3.63) is 89.4 Å². The molecule has 0 radical (unpaired) electrons. The quantitative estimate of drug-likeness (QED) is 0.697. The number of phenolic OH excluding ortho intramolecular Hbond substituents is 1. The minimum atomic E-state index is 0.290. The van der Waals surface area contributed by atoms with Crippen LogP contribution in [0.3, 0.4) is 0 Å². The Morgan fingerprint density at radius 2 is 1.58 bits per heavy atom. The molecule has 0 atom stereocenters. The van der Waals surface area contributed by atoms with Crippen molar-refractivity contribution in [1.82, 2.24) is 4.90 Å². The Kier molecular flexibility index (Phi) is 5.31. The van der Waals surface area contributed by atoms with Crippen LogP contribution in [-0.4, -0.2) is 10.0 Å². The van der Waals surface area contributed by atoms with Crippen molar-refractivity contribution in [2.75, 3.05) is 0 Å². The van der Waals surface area contributed by atoms with Crippen LogP contribution in [0, 0.1) is 0 Å². The van der Waals surface area contributed by atoms with E-state index in [1.165, 1.54) is 5.56 Å². The van der Waals surface area contributed by atoms with Crippen LogP contribution in [0.2, 0.25) is 0 Å². The van der Waals surface area contributed by atoms with Gasteiger partial charge in [0.25, 0.3) is 0 Å². The predicted octanol–water partition coefficient (Wildman–Crippen LogP) is 3.65. The first-order chi connectivity index (χ1) is 11.7. The van der Waals surface area contributed by atoms with E-state index in [1.807, 2.05) is 24.3 Å². The number of hydrogen-bond donors (Lipinski definition) is 2. The van der Waals surface area contributed by atoms with Crippen LogP contribution in [0.1, 0.15) is 22.5 Å². The number of aromatic hydroxyl groups is 1. The second-order valence-electron chi connectivity index (χ2n) is 5.92. The Hall–Kier alpha value is -2.56. The summed E-state index contributed by atoms with van der Waals surface area (Å²) in [6.07, 6.45) is 1.69. The molecule has 3 N–H and O–H groups in total. The fourth-order valence-electron chi connectivity index (χ4n) is 2.74. The first kappa shape index (κ1) is 16.3. The van der Waals surface area contributed by atoms with Gasteiger partial charge in [-0.25, -0.2) is 0 Å². The van der Waals surface area contributed by atoms with Crippen molar-refractivity contribution in [1.29, 1.82) is 0 Å². The molecule has 0 fully saturated rings. The zero-order valence-electron chi connectivity index (χ0n) is 13.6. The molecule has 24 heavy (non-hydrogen) atoms. The molecule has 0 aliphatic carbocycles. The molecule has 0 aliphatic heterocycles. The third-order valence-corrected chi connectivity index (χ3v) is 3.94. The third-order valence-electron chi connectivity index (χ3n) is 3.94. The summed E-state index contributed by atoms with van der Waals surface area (Å²) in [5, 5.41) is 9.68. The lowest BCUT2D eigenvalue weighted by Crippen LogP contribution is -2.22. The molecule has 4 nitrogen and oxygen atoms in total. The van der Waals surface area contributed by atoms with Crippen LogP contribution in [0.5, 0.6) is 5.75 Å². The average Bonchev–Trinajstić information content (AvgIpc) is 3.08. The third kappa shape index (κ3) is 4.47. The maximum Gasteiger partial charge on any atom is 0.117 e. The van der Waals surface area contributed by atoms with Crippen molar-refractivity contribution in [3.63, 3.8) is 0 Å². The van der Waals surface area contributed by atoms with E-state index in [9.17, 15) is 5.11 Å². The van der Waals surface area contributed by atoms with E-state index in [4.69, 9.17) is 10.2 Å². The van der Waals surface area contributed by atoms with Gasteiger partial charge in [0.2, 0.25) is 0 Å². The first-order valence-corrected chi connectivity index (χ1v) is 8.03. The Morgan fingerprint density at radius 3 is 2.25 bits per heavy atom. The fraction of sp³-hybridized carbons (Fsp3) is 0.200. The molecule has 0 spiro atoms. The molecule has 124 valence electrons. The Balaban J connectivity index is 1.75. The lowest BCUT2D eigenvalue weighted by Gasteiger charge is -2.22. The van der Waals surface area contributed by atoms with Crippen molar-refractivity contribution in [3.8, 4) is 5.75 Å². The second-order valence-corrected chi connectivity index (χ2v) is 5.92. The van der Waals surface area contributed by atoms with Gasteiger partial charge in [-0.3, -0.25) is 4.90 Å². The van der Waals surface area contributed by atoms with E-state index < -0.39 is 0 Å². The summed E-state index contributed by atoms with van der Waals surface area (Å²) in [6.45, 7) is 2.79. The summed E-state index contributed by atoms with van der Waals surface area (Å²) in [5.41, 5.74) is 9.08. The van der Waals surface area contributed by atoms with Crippen LogP contribution in [0.25, 0.3) is 0 Å². The van der Waals surface area contributed by atoms with E-state index >= 15 is 0 Å². The van der Waals surface area contributed by atoms with Gasteiger partial charge in [-0.05, 0) is 41.0 Å². The van der Waals surface area contributed by atoms with Gasteiger partial charge < -0.3 is 15.3 Å². The maximum atomic E-state index is 9.68. The molecular formula is C20H22N2O2. The Labute approximate surface area is 142 Å². The molecule has 0 aliphatic rings. The maximum absolute atomic E-state index is 9.68. The van der Waals surface area contributed by atoms with E-state index in [0.717, 1.165) is 30.0 Å². The number of nitrogens with two attached hydrogens (primary N) is 1. The molecule has 1 heterocycles. The molecule has 2 aromatic carbocycles. The summed E-state index contributed by atoms with van der Waals surface area (Å²) < 4.78 is 5.49. The lowest BCUT2D eigenvalue weighted by molar-refractivity contribution is 0.226. The highest BCUT2D eigenvalue weighted by atomic mass is 16.3. The van der Waals surface area contributed by atoms with Crippen LogP contribution in [0.4, 0.5) is 0 Å². The van der Waals surface area contributed by atoms with Gasteiger partial charge in [0.15, 0.2) is 0 Å². The van der Waals surface area contributed by atoms with E-state index in [0.29, 0.717) is 13.1 Å². The highest BCUT2D eigenvalue weighted by Gasteiger charge is 2.10. The van der Waals surface area contributed by atoms with Crippen LogP contribution in [-0.2, 0) is 26.2 Å². The molecule has 0 unspecified atom stereocenters. The van der Waals surface area contributed by atoms with Crippen molar-refractivity contribution < 1.29 is 9.52 Å². The predicted molar refractivity (Wildman–Crippen MR) is 94.1 cm³/mol. The highest BCUT2D eigenvalue weighted by molar-refractivity contribution is 5.27. The topological polar surface area (TPSA) is 62.6 Å². The molecular weight excluding hydrogens is 300 g/mol. The van der Waals surface area contributed by atoms with Gasteiger partial charge in [-0.15, -0.1) is 0 Å². The van der Waals surface area contributed by atoms with E-state index in [-0.39, 0.29) is 5.75 Å². The number of hydrogen-bond acceptors (Lipinski definition) is 4. The van der Waals surface area contributed by atoms with Gasteiger partial charge >= 0.3 is 0 Å². The fourth-order valence-corrected chi connectivity index (χ4v) is 2.74. The summed E-state index contributed by atoms with van der Waals surface area (Å²) in [4.78, 5) is 2.28. The zero-order valence-corrected chi connectivity index (χ0v) is 13.6. The first-order valence-electron chi connectivity index (χ1n) is 8.03. The zero-order chi connectivity index (χ0) is 16.8. The molecule has 0 saturated heterocycles. The SMILES string of the molecule is NCc1ccc(CN(Cc2cccc(O)c2)Cc2ccco2)cc1. The minimum absolute atomic E-state index is 0.290. The highest BCUT2D eigenvalue weighted by Crippen LogP contribution is 2.17.